The topological polar surface area (TPSA) is 479 Å². The fraction of sp³-hybridized carbons (Fsp3) is 0.707. The molecule has 20 N–H and O–H groups in total. The molecule has 0 saturated heterocycles. The normalized spacial score (nSPS) is 15.4. The van der Waals surface area contributed by atoms with Crippen molar-refractivity contribution in [2.45, 2.75) is 136 Å². The molecule has 29 nitrogen and oxygen atoms in total. The number of aliphatic hydroxyl groups is 3. The second-order valence-electron chi connectivity index (χ2n) is 17.3. The fourth-order valence-corrected chi connectivity index (χ4v) is 6.04. The van der Waals surface area contributed by atoms with Crippen molar-refractivity contribution in [1.82, 2.24) is 53.2 Å². The number of nitrogens with zero attached hydrogens (tertiary/aromatic N) is 1. The number of carbonyl (C=O) groups is 11. The Morgan fingerprint density at radius 2 is 0.871 bits per heavy atom. The first-order valence-corrected chi connectivity index (χ1v) is 22.4. The fourth-order valence-electron chi connectivity index (χ4n) is 6.04. The maximum Gasteiger partial charge on any atom is 0.326 e. The highest BCUT2D eigenvalue weighted by atomic mass is 16.4. The molecule has 0 saturated carbocycles. The van der Waals surface area contributed by atoms with Gasteiger partial charge in [0, 0.05) is 6.54 Å². The number of aliphatic carboxylic acids is 1. The molecule has 70 heavy (non-hydrogen) atoms. The first kappa shape index (κ1) is 63.3. The molecular weight excluding hydrogens is 929 g/mol. The molecule has 0 spiro atoms. The largest absolute Gasteiger partial charge is 0.480 e. The van der Waals surface area contributed by atoms with Gasteiger partial charge in [0.25, 0.3) is 0 Å². The molecule has 0 aromatic carbocycles. The van der Waals surface area contributed by atoms with Crippen molar-refractivity contribution in [1.29, 1.82) is 0 Å². The molecule has 0 aliphatic heterocycles. The number of amides is 10. The quantitative estimate of drug-likeness (QED) is 0.0174. The summed E-state index contributed by atoms with van der Waals surface area (Å²) >= 11 is 0. The van der Waals surface area contributed by atoms with Gasteiger partial charge in [-0.1, -0.05) is 41.5 Å². The van der Waals surface area contributed by atoms with Crippen molar-refractivity contribution < 1.29 is 73.2 Å². The number of nitrogens with two attached hydrogens (primary N) is 3. The maximum atomic E-state index is 13.3. The van der Waals surface area contributed by atoms with E-state index in [1.54, 1.807) is 41.5 Å². The molecule has 0 unspecified atom stereocenters. The maximum absolute atomic E-state index is 13.3. The van der Waals surface area contributed by atoms with Crippen LogP contribution < -0.4 is 70.4 Å². The lowest BCUT2D eigenvalue weighted by atomic mass is 10.0. The minimum absolute atomic E-state index is 0.0764. The van der Waals surface area contributed by atoms with Crippen LogP contribution in [0, 0.1) is 17.8 Å². The van der Waals surface area contributed by atoms with Crippen molar-refractivity contribution in [2.75, 3.05) is 32.8 Å². The third kappa shape index (κ3) is 23.1. The smallest absolute Gasteiger partial charge is 0.326 e. The molecular formula is C41H74N14O15. The Kier molecular flexibility index (Phi) is 28.4. The van der Waals surface area contributed by atoms with Crippen molar-refractivity contribution >= 4 is 71.0 Å². The lowest BCUT2D eigenvalue weighted by molar-refractivity contribution is -0.143. The van der Waals surface area contributed by atoms with Crippen LogP contribution in [0.1, 0.15) is 75.2 Å². The van der Waals surface area contributed by atoms with E-state index in [1.165, 1.54) is 20.8 Å². The highest BCUT2D eigenvalue weighted by Gasteiger charge is 2.35. The van der Waals surface area contributed by atoms with Crippen LogP contribution in [0.2, 0.25) is 0 Å². The van der Waals surface area contributed by atoms with Gasteiger partial charge < -0.3 is 90.8 Å². The van der Waals surface area contributed by atoms with Gasteiger partial charge in [-0.2, -0.15) is 0 Å². The zero-order chi connectivity index (χ0) is 54.2. The number of aliphatic imine (C=N–C) groups is 1. The van der Waals surface area contributed by atoms with E-state index in [2.05, 4.69) is 58.2 Å². The van der Waals surface area contributed by atoms with Gasteiger partial charge in [-0.25, -0.2) is 4.79 Å². The van der Waals surface area contributed by atoms with Gasteiger partial charge in [0.2, 0.25) is 59.1 Å². The van der Waals surface area contributed by atoms with Crippen molar-refractivity contribution in [3.63, 3.8) is 0 Å². The van der Waals surface area contributed by atoms with Gasteiger partial charge in [-0.05, 0) is 51.4 Å². The summed E-state index contributed by atoms with van der Waals surface area (Å²) in [6, 6.07) is -11.4. The summed E-state index contributed by atoms with van der Waals surface area (Å²) in [5.41, 5.74) is 15.8. The van der Waals surface area contributed by atoms with Crippen LogP contribution in [0.4, 0.5) is 0 Å². The summed E-state index contributed by atoms with van der Waals surface area (Å²) in [7, 11) is 0. The molecule has 10 atom stereocenters. The SMILES string of the molecule is CC(C)[C@H](NC(=O)CNC(=O)[C@@H](NC(=O)[C@@H](NC(=O)CN)[C@@H](C)O)C(C)C)C(=O)N[C@@H](CO)C(=O)N[C@@H](C)C(=O)NCC(=O)N[C@H](C(=O)N[C@H](C(=O)N[C@@H](CCCN=C(N)N)C(=O)O)[C@@H](C)O)C(C)C. The van der Waals surface area contributed by atoms with Crippen molar-refractivity contribution in [3.05, 3.63) is 0 Å². The summed E-state index contributed by atoms with van der Waals surface area (Å²) in [6.07, 6.45) is -2.80. The molecule has 0 bridgehead atoms. The second-order valence-corrected chi connectivity index (χ2v) is 17.3. The average molecular weight is 1000 g/mol. The van der Waals surface area contributed by atoms with E-state index in [9.17, 15) is 73.2 Å². The molecule has 0 aromatic rings. The standard InChI is InChI=1S/C41H74N14O15/c1-17(2)28(54-39(68)31(21(8)57)51-25(59)13-42)35(64)47-15-27(61)52-29(18(3)4)36(65)50-24(16-56)34(63)48-20(7)33(62)46-14-26(60)53-30(19(5)6)37(66)55-32(22(9)58)38(67)49-23(40(69)70)11-10-12-45-41(43)44/h17-24,28-32,56-58H,10-16,42H2,1-9H3,(H,46,62)(H,47,64)(H,48,63)(H,49,67)(H,50,65)(H,51,59)(H,52,61)(H,53,60)(H,54,68)(H,55,66)(H,69,70)(H4,43,44,45)/t20-,21+,22+,23-,24-,28-,29-,30-,31-,32-/m0/s1. The van der Waals surface area contributed by atoms with E-state index in [0.29, 0.717) is 0 Å². The van der Waals surface area contributed by atoms with E-state index in [-0.39, 0.29) is 25.3 Å². The number of aliphatic hydroxyl groups excluding tert-OH is 3. The molecule has 398 valence electrons. The molecule has 0 aliphatic carbocycles. The lowest BCUT2D eigenvalue weighted by Gasteiger charge is -2.27. The number of carboxylic acid groups (broad SMARTS) is 1. The molecule has 29 heteroatoms. The second kappa shape index (κ2) is 31.4. The number of carbonyl (C=O) groups excluding carboxylic acids is 10. The van der Waals surface area contributed by atoms with Crippen LogP contribution in [0.3, 0.4) is 0 Å². The molecule has 0 fully saturated rings. The number of hydrogen-bond donors (Lipinski definition) is 17. The summed E-state index contributed by atoms with van der Waals surface area (Å²) in [5.74, 6) is -12.4. The van der Waals surface area contributed by atoms with Crippen LogP contribution in [-0.4, -0.2) is 185 Å². The van der Waals surface area contributed by atoms with E-state index < -0.39 is 170 Å². The molecule has 10 amide bonds. The zero-order valence-corrected chi connectivity index (χ0v) is 40.9. The number of nitrogens with one attached hydrogen (secondary N) is 10. The Labute approximate surface area is 405 Å². The lowest BCUT2D eigenvalue weighted by Crippen LogP contribution is -2.60. The Bertz CT molecular complexity index is 1860. The Morgan fingerprint density at radius 3 is 1.30 bits per heavy atom. The summed E-state index contributed by atoms with van der Waals surface area (Å²) < 4.78 is 0. The number of hydrogen-bond acceptors (Lipinski definition) is 16. The monoisotopic (exact) mass is 1000 g/mol. The van der Waals surface area contributed by atoms with Gasteiger partial charge in [-0.3, -0.25) is 52.9 Å². The zero-order valence-electron chi connectivity index (χ0n) is 40.9. The minimum Gasteiger partial charge on any atom is -0.480 e. The van der Waals surface area contributed by atoms with Gasteiger partial charge in [0.15, 0.2) is 5.96 Å². The molecule has 0 radical (unpaired) electrons. The van der Waals surface area contributed by atoms with Gasteiger partial charge in [0.05, 0.1) is 38.4 Å². The van der Waals surface area contributed by atoms with Crippen LogP contribution in [0.5, 0.6) is 0 Å². The summed E-state index contributed by atoms with van der Waals surface area (Å²) in [6.45, 7) is 10.2. The first-order valence-electron chi connectivity index (χ1n) is 22.4. The molecule has 0 aromatic heterocycles. The van der Waals surface area contributed by atoms with Crippen LogP contribution in [0.25, 0.3) is 0 Å². The average Bonchev–Trinajstić information content (AvgIpc) is 3.27. The van der Waals surface area contributed by atoms with E-state index in [4.69, 9.17) is 17.2 Å². The third-order valence-corrected chi connectivity index (χ3v) is 10.1. The first-order chi connectivity index (χ1) is 32.5. The predicted octanol–water partition coefficient (Wildman–Crippen LogP) is -8.06. The highest BCUT2D eigenvalue weighted by molar-refractivity contribution is 5.98. The van der Waals surface area contributed by atoms with Gasteiger partial charge in [0.1, 0.15) is 48.3 Å². The Morgan fingerprint density at radius 1 is 0.486 bits per heavy atom. The van der Waals surface area contributed by atoms with E-state index in [0.717, 1.165) is 0 Å². The summed E-state index contributed by atoms with van der Waals surface area (Å²) in [5, 5.41) is 63.0. The number of carboxylic acids is 1. The number of guanidine groups is 1. The Hall–Kier alpha value is -6.72. The van der Waals surface area contributed by atoms with Crippen LogP contribution in [-0.2, 0) is 52.7 Å². The third-order valence-electron chi connectivity index (χ3n) is 10.1. The highest BCUT2D eigenvalue weighted by Crippen LogP contribution is 2.08. The number of rotatable bonds is 31. The summed E-state index contributed by atoms with van der Waals surface area (Å²) in [4.78, 5) is 144. The minimum atomic E-state index is -1.65. The van der Waals surface area contributed by atoms with Gasteiger partial charge in [-0.15, -0.1) is 0 Å². The van der Waals surface area contributed by atoms with Gasteiger partial charge >= 0.3 is 5.97 Å². The van der Waals surface area contributed by atoms with Crippen molar-refractivity contribution in [3.8, 4) is 0 Å². The van der Waals surface area contributed by atoms with Crippen LogP contribution >= 0.6 is 0 Å². The molecule has 0 aliphatic rings. The Balaban J connectivity index is 5.48. The van der Waals surface area contributed by atoms with Crippen LogP contribution in [0.15, 0.2) is 4.99 Å². The van der Waals surface area contributed by atoms with Crippen molar-refractivity contribution in [2.24, 2.45) is 39.9 Å². The van der Waals surface area contributed by atoms with E-state index >= 15 is 0 Å². The van der Waals surface area contributed by atoms with E-state index in [1.807, 2.05) is 0 Å². The molecule has 0 rings (SSSR count). The molecule has 0 heterocycles. The predicted molar refractivity (Wildman–Crippen MR) is 249 cm³/mol.